The SMILES string of the molecule is CCOC(C#CI)(Oc1ncccn1)SC. The minimum Gasteiger partial charge on any atom is -0.409 e. The van der Waals surface area contributed by atoms with Crippen LogP contribution in [0.5, 0.6) is 6.01 Å². The maximum atomic E-state index is 5.57. The summed E-state index contributed by atoms with van der Waals surface area (Å²) in [5, 5.41) is -1.03. The van der Waals surface area contributed by atoms with Gasteiger partial charge in [0.2, 0.25) is 0 Å². The van der Waals surface area contributed by atoms with Gasteiger partial charge in [-0.25, -0.2) is 9.97 Å². The highest BCUT2D eigenvalue weighted by atomic mass is 127. The highest BCUT2D eigenvalue weighted by Gasteiger charge is 2.31. The number of nitrogens with zero attached hydrogens (tertiary/aromatic N) is 2. The molecular weight excluding hydrogens is 339 g/mol. The fraction of sp³-hybridized carbons (Fsp3) is 0.400. The molecule has 0 saturated carbocycles. The van der Waals surface area contributed by atoms with E-state index in [4.69, 9.17) is 9.47 Å². The molecule has 0 N–H and O–H groups in total. The third-order valence-electron chi connectivity index (χ3n) is 1.57. The molecule has 1 atom stereocenters. The van der Waals surface area contributed by atoms with E-state index in [1.54, 1.807) is 18.5 Å². The van der Waals surface area contributed by atoms with Crippen LogP contribution < -0.4 is 4.74 Å². The summed E-state index contributed by atoms with van der Waals surface area (Å²) in [5.74, 6) is 2.87. The molecule has 0 spiro atoms. The van der Waals surface area contributed by atoms with Crippen molar-refractivity contribution in [3.05, 3.63) is 18.5 Å². The largest absolute Gasteiger partial charge is 0.409 e. The van der Waals surface area contributed by atoms with E-state index in [-0.39, 0.29) is 6.01 Å². The lowest BCUT2D eigenvalue weighted by Gasteiger charge is -2.25. The van der Waals surface area contributed by atoms with E-state index in [9.17, 15) is 0 Å². The van der Waals surface area contributed by atoms with Crippen LogP contribution in [-0.2, 0) is 4.74 Å². The van der Waals surface area contributed by atoms with Gasteiger partial charge in [-0.3, -0.25) is 0 Å². The Labute approximate surface area is 113 Å². The first kappa shape index (κ1) is 13.5. The fourth-order valence-electron chi connectivity index (χ4n) is 0.949. The molecule has 16 heavy (non-hydrogen) atoms. The average molecular weight is 350 g/mol. The van der Waals surface area contributed by atoms with Gasteiger partial charge in [-0.05, 0) is 29.1 Å². The van der Waals surface area contributed by atoms with Crippen molar-refractivity contribution in [2.24, 2.45) is 0 Å². The van der Waals surface area contributed by atoms with Crippen molar-refractivity contribution in [2.75, 3.05) is 12.9 Å². The minimum absolute atomic E-state index is 0.254. The lowest BCUT2D eigenvalue weighted by molar-refractivity contribution is -0.0676. The van der Waals surface area contributed by atoms with Gasteiger partial charge in [0.15, 0.2) is 0 Å². The van der Waals surface area contributed by atoms with E-state index in [0.717, 1.165) is 0 Å². The Kier molecular flexibility index (Phi) is 5.87. The van der Waals surface area contributed by atoms with Crippen molar-refractivity contribution in [3.63, 3.8) is 0 Å². The average Bonchev–Trinajstić information content (AvgIpc) is 2.31. The van der Waals surface area contributed by atoms with Crippen molar-refractivity contribution >= 4 is 34.4 Å². The quantitative estimate of drug-likeness (QED) is 0.463. The van der Waals surface area contributed by atoms with Gasteiger partial charge in [0, 0.05) is 35.0 Å². The van der Waals surface area contributed by atoms with Crippen LogP contribution in [-0.4, -0.2) is 27.9 Å². The van der Waals surface area contributed by atoms with Gasteiger partial charge in [-0.1, -0.05) is 11.8 Å². The summed E-state index contributed by atoms with van der Waals surface area (Å²) in [6, 6.07) is 1.97. The Hall–Kier alpha value is -0.520. The Morgan fingerprint density at radius 1 is 1.50 bits per heavy atom. The highest BCUT2D eigenvalue weighted by molar-refractivity contribution is 14.1. The molecule has 0 fully saturated rings. The minimum atomic E-state index is -1.03. The second-order valence-corrected chi connectivity index (χ2v) is 4.03. The molecule has 6 heteroatoms. The van der Waals surface area contributed by atoms with E-state index in [0.29, 0.717) is 6.61 Å². The van der Waals surface area contributed by atoms with E-state index in [1.165, 1.54) is 11.8 Å². The molecule has 0 amide bonds. The van der Waals surface area contributed by atoms with Crippen LogP contribution in [0.3, 0.4) is 0 Å². The van der Waals surface area contributed by atoms with Crippen molar-refractivity contribution in [3.8, 4) is 15.9 Å². The summed E-state index contributed by atoms with van der Waals surface area (Å²) in [4.78, 5) is 7.96. The summed E-state index contributed by atoms with van der Waals surface area (Å²) < 4.78 is 13.8. The lowest BCUT2D eigenvalue weighted by Crippen LogP contribution is -2.34. The van der Waals surface area contributed by atoms with Gasteiger partial charge in [-0.15, -0.1) is 0 Å². The van der Waals surface area contributed by atoms with Crippen LogP contribution in [0.2, 0.25) is 0 Å². The predicted octanol–water partition coefficient (Wildman–Crippen LogP) is 2.30. The van der Waals surface area contributed by atoms with Gasteiger partial charge in [-0.2, -0.15) is 0 Å². The molecular formula is C10H11IN2O2S. The van der Waals surface area contributed by atoms with Crippen LogP contribution in [0.15, 0.2) is 18.5 Å². The summed E-state index contributed by atoms with van der Waals surface area (Å²) in [6.07, 6.45) is 5.08. The molecule has 0 aliphatic carbocycles. The smallest absolute Gasteiger partial charge is 0.330 e. The van der Waals surface area contributed by atoms with E-state index >= 15 is 0 Å². The number of aromatic nitrogens is 2. The number of rotatable bonds is 5. The Balaban J connectivity index is 2.88. The number of hydrogen-bond acceptors (Lipinski definition) is 5. The summed E-state index contributed by atoms with van der Waals surface area (Å²) in [7, 11) is 0. The molecule has 1 aromatic rings. The monoisotopic (exact) mass is 350 g/mol. The van der Waals surface area contributed by atoms with Crippen LogP contribution in [0, 0.1) is 9.85 Å². The molecule has 1 rings (SSSR count). The maximum absolute atomic E-state index is 5.57. The van der Waals surface area contributed by atoms with Gasteiger partial charge >= 0.3 is 11.1 Å². The number of halogens is 1. The van der Waals surface area contributed by atoms with Crippen LogP contribution in [0.1, 0.15) is 6.92 Å². The topological polar surface area (TPSA) is 44.2 Å². The van der Waals surface area contributed by atoms with Gasteiger partial charge in [0.05, 0.1) is 6.61 Å². The first-order valence-corrected chi connectivity index (χ1v) is 6.84. The molecule has 1 unspecified atom stereocenters. The van der Waals surface area contributed by atoms with Gasteiger partial charge in [0.25, 0.3) is 0 Å². The summed E-state index contributed by atoms with van der Waals surface area (Å²) >= 11 is 3.30. The second kappa shape index (κ2) is 6.93. The molecule has 1 heterocycles. The van der Waals surface area contributed by atoms with Gasteiger partial charge < -0.3 is 9.47 Å². The van der Waals surface area contributed by atoms with Crippen molar-refractivity contribution < 1.29 is 9.47 Å². The molecule has 0 bridgehead atoms. The maximum Gasteiger partial charge on any atom is 0.330 e. The Morgan fingerprint density at radius 2 is 2.19 bits per heavy atom. The number of thioether (sulfide) groups is 1. The van der Waals surface area contributed by atoms with Gasteiger partial charge in [0.1, 0.15) is 0 Å². The van der Waals surface area contributed by atoms with E-state index in [1.807, 2.05) is 35.8 Å². The molecule has 0 aliphatic heterocycles. The molecule has 0 radical (unpaired) electrons. The zero-order valence-electron chi connectivity index (χ0n) is 8.94. The lowest BCUT2D eigenvalue weighted by atomic mass is 10.6. The third-order valence-corrected chi connectivity index (χ3v) is 2.68. The third kappa shape index (κ3) is 3.81. The fourth-order valence-corrected chi connectivity index (χ4v) is 2.03. The molecule has 0 saturated heterocycles. The zero-order chi connectivity index (χ0) is 11.9. The molecule has 4 nitrogen and oxygen atoms in total. The standard InChI is InChI=1S/C10H11IN2O2S/c1-3-14-10(16-2,5-6-11)15-9-12-7-4-8-13-9/h4,7-8H,3H2,1-2H3. The number of hydrogen-bond donors (Lipinski definition) is 0. The molecule has 1 aromatic heterocycles. The van der Waals surface area contributed by atoms with Crippen LogP contribution in [0.25, 0.3) is 0 Å². The molecule has 0 aromatic carbocycles. The van der Waals surface area contributed by atoms with E-state index in [2.05, 4.69) is 19.8 Å². The van der Waals surface area contributed by atoms with Crippen LogP contribution >= 0.6 is 34.4 Å². The Morgan fingerprint density at radius 3 is 2.69 bits per heavy atom. The summed E-state index contributed by atoms with van der Waals surface area (Å²) in [5.41, 5.74) is 0. The first-order chi connectivity index (χ1) is 7.76. The second-order valence-electron chi connectivity index (χ2n) is 2.55. The predicted molar refractivity (Wildman–Crippen MR) is 72.3 cm³/mol. The highest BCUT2D eigenvalue weighted by Crippen LogP contribution is 2.26. The van der Waals surface area contributed by atoms with Crippen LogP contribution in [0.4, 0.5) is 0 Å². The molecule has 86 valence electrons. The zero-order valence-corrected chi connectivity index (χ0v) is 11.9. The van der Waals surface area contributed by atoms with E-state index < -0.39 is 5.12 Å². The van der Waals surface area contributed by atoms with Crippen molar-refractivity contribution in [1.29, 1.82) is 0 Å². The molecule has 0 aliphatic rings. The first-order valence-electron chi connectivity index (χ1n) is 4.54. The van der Waals surface area contributed by atoms with Crippen molar-refractivity contribution in [2.45, 2.75) is 12.0 Å². The Bertz CT molecular complexity index is 379. The van der Waals surface area contributed by atoms with Crippen molar-refractivity contribution in [1.82, 2.24) is 9.97 Å². The number of ether oxygens (including phenoxy) is 2. The summed E-state index contributed by atoms with van der Waals surface area (Å²) in [6.45, 7) is 2.38. The normalized spacial score (nSPS) is 13.4.